The standard InChI is InChI=1S/C7H10BrN3O/c8-7-5-11(10-9-7)6-1-3-12-4-2-6/h5-6H,1-4H2/i1D2,2D2,6D. The smallest absolute Gasteiger partial charge is 0.148 e. The Bertz CT molecular complexity index is 421. The topological polar surface area (TPSA) is 39.9 Å². The van der Waals surface area contributed by atoms with Crippen molar-refractivity contribution >= 4 is 15.9 Å². The van der Waals surface area contributed by atoms with Crippen molar-refractivity contribution in [3.8, 4) is 0 Å². The summed E-state index contributed by atoms with van der Waals surface area (Å²) in [6.07, 6.45) is -3.13. The normalized spacial score (nSPS) is 36.9. The van der Waals surface area contributed by atoms with Gasteiger partial charge in [0.05, 0.1) is 13.6 Å². The van der Waals surface area contributed by atoms with E-state index in [1.54, 1.807) is 0 Å². The zero-order valence-corrected chi connectivity index (χ0v) is 7.71. The summed E-state index contributed by atoms with van der Waals surface area (Å²) < 4.78 is 45.5. The third-order valence-corrected chi connectivity index (χ3v) is 1.74. The maximum Gasteiger partial charge on any atom is 0.148 e. The van der Waals surface area contributed by atoms with E-state index < -0.39 is 18.8 Å². The second-order valence-corrected chi connectivity index (χ2v) is 2.99. The first-order chi connectivity index (χ1) is 7.71. The second kappa shape index (κ2) is 3.53. The quantitative estimate of drug-likeness (QED) is 0.741. The summed E-state index contributed by atoms with van der Waals surface area (Å²) in [6.45, 7) is -0.707. The highest BCUT2D eigenvalue weighted by Gasteiger charge is 2.16. The Morgan fingerprint density at radius 3 is 3.08 bits per heavy atom. The highest BCUT2D eigenvalue weighted by Crippen LogP contribution is 2.20. The molecule has 1 aliphatic heterocycles. The maximum absolute atomic E-state index is 8.19. The number of ether oxygens (including phenoxy) is 1. The molecule has 1 aromatic rings. The SMILES string of the molecule is [2H]C1([2H])COCC([2H])([2H])C1([2H])n1cc(Br)nn1. The molecule has 12 heavy (non-hydrogen) atoms. The Labute approximate surface area is 86.1 Å². The second-order valence-electron chi connectivity index (χ2n) is 2.18. The Kier molecular flexibility index (Phi) is 1.23. The zero-order chi connectivity index (χ0) is 12.9. The van der Waals surface area contributed by atoms with Crippen molar-refractivity contribution < 1.29 is 11.6 Å². The predicted octanol–water partition coefficient (Wildman–Crippen LogP) is 1.39. The summed E-state index contributed by atoms with van der Waals surface area (Å²) in [4.78, 5) is 0. The zero-order valence-electron chi connectivity index (χ0n) is 11.1. The Balaban J connectivity index is 2.56. The first-order valence-corrected chi connectivity index (χ1v) is 4.16. The number of hydrogen-bond donors (Lipinski definition) is 0. The van der Waals surface area contributed by atoms with E-state index in [0.717, 1.165) is 4.68 Å². The van der Waals surface area contributed by atoms with Crippen LogP contribution in [0.3, 0.4) is 0 Å². The monoisotopic (exact) mass is 236 g/mol. The third-order valence-electron chi connectivity index (χ3n) is 1.38. The van der Waals surface area contributed by atoms with E-state index in [1.165, 1.54) is 6.20 Å². The molecule has 1 aliphatic rings. The highest BCUT2D eigenvalue weighted by molar-refractivity contribution is 9.10. The third kappa shape index (κ3) is 1.67. The Morgan fingerprint density at radius 2 is 2.50 bits per heavy atom. The lowest BCUT2D eigenvalue weighted by Gasteiger charge is -2.21. The summed E-state index contributed by atoms with van der Waals surface area (Å²) >= 11 is 3.04. The van der Waals surface area contributed by atoms with Crippen molar-refractivity contribution in [3.63, 3.8) is 0 Å². The van der Waals surface area contributed by atoms with Crippen LogP contribution >= 0.6 is 15.9 Å². The lowest BCUT2D eigenvalue weighted by Crippen LogP contribution is -2.19. The van der Waals surface area contributed by atoms with Crippen LogP contribution in [0.15, 0.2) is 10.8 Å². The van der Waals surface area contributed by atoms with Crippen molar-refractivity contribution in [2.75, 3.05) is 13.2 Å². The van der Waals surface area contributed by atoms with Crippen molar-refractivity contribution in [1.29, 1.82) is 0 Å². The van der Waals surface area contributed by atoms with E-state index in [9.17, 15) is 0 Å². The van der Waals surface area contributed by atoms with Gasteiger partial charge in [0.15, 0.2) is 0 Å². The van der Waals surface area contributed by atoms with E-state index in [1.807, 2.05) is 0 Å². The molecular weight excluding hydrogens is 222 g/mol. The van der Waals surface area contributed by atoms with Gasteiger partial charge >= 0.3 is 0 Å². The van der Waals surface area contributed by atoms with Crippen LogP contribution in [0.1, 0.15) is 25.6 Å². The molecule has 2 heterocycles. The first kappa shape index (κ1) is 4.19. The predicted molar refractivity (Wildman–Crippen MR) is 46.8 cm³/mol. The lowest BCUT2D eigenvalue weighted by atomic mass is 10.1. The number of nitrogens with zero attached hydrogens (tertiary/aromatic N) is 3. The fraction of sp³-hybridized carbons (Fsp3) is 0.714. The Morgan fingerprint density at radius 1 is 1.75 bits per heavy atom. The molecular formula is C7H10BrN3O. The molecule has 66 valence electrons. The van der Waals surface area contributed by atoms with Crippen molar-refractivity contribution in [2.45, 2.75) is 18.8 Å². The van der Waals surface area contributed by atoms with Gasteiger partial charge in [0.1, 0.15) is 4.60 Å². The molecule has 0 unspecified atom stereocenters. The molecule has 0 atom stereocenters. The fourth-order valence-corrected chi connectivity index (χ4v) is 1.13. The average Bonchev–Trinajstić information content (AvgIpc) is 2.60. The highest BCUT2D eigenvalue weighted by atomic mass is 79.9. The van der Waals surface area contributed by atoms with Crippen LogP contribution in [0, 0.1) is 0 Å². The lowest BCUT2D eigenvalue weighted by molar-refractivity contribution is 0.0657. The van der Waals surface area contributed by atoms with E-state index in [4.69, 9.17) is 11.6 Å². The first-order valence-electron chi connectivity index (χ1n) is 5.87. The molecule has 0 bridgehead atoms. The van der Waals surface area contributed by atoms with Gasteiger partial charge in [-0.2, -0.15) is 0 Å². The minimum Gasteiger partial charge on any atom is -0.381 e. The number of hydrogen-bond acceptors (Lipinski definition) is 3. The van der Waals surface area contributed by atoms with Crippen LogP contribution in [0.4, 0.5) is 0 Å². The molecule has 0 N–H and O–H groups in total. The maximum atomic E-state index is 8.19. The van der Waals surface area contributed by atoms with Crippen LogP contribution < -0.4 is 0 Å². The summed E-state index contributed by atoms with van der Waals surface area (Å²) in [5.74, 6) is 0. The van der Waals surface area contributed by atoms with E-state index >= 15 is 0 Å². The van der Waals surface area contributed by atoms with Gasteiger partial charge in [-0.3, -0.25) is 0 Å². The molecule has 0 radical (unpaired) electrons. The average molecular weight is 237 g/mol. The summed E-state index contributed by atoms with van der Waals surface area (Å²) in [6, 6.07) is -2.21. The van der Waals surface area contributed by atoms with Crippen LogP contribution in [-0.2, 0) is 4.74 Å². The molecule has 0 aromatic carbocycles. The van der Waals surface area contributed by atoms with Crippen molar-refractivity contribution in [2.24, 2.45) is 0 Å². The van der Waals surface area contributed by atoms with Gasteiger partial charge in [-0.25, -0.2) is 4.68 Å². The van der Waals surface area contributed by atoms with Crippen LogP contribution in [-0.4, -0.2) is 28.2 Å². The van der Waals surface area contributed by atoms with Crippen LogP contribution in [0.25, 0.3) is 0 Å². The van der Waals surface area contributed by atoms with Gasteiger partial charge in [-0.1, -0.05) is 5.21 Å². The van der Waals surface area contributed by atoms with Crippen molar-refractivity contribution in [3.05, 3.63) is 10.8 Å². The molecule has 4 nitrogen and oxygen atoms in total. The van der Waals surface area contributed by atoms with Gasteiger partial charge in [-0.05, 0) is 28.7 Å². The van der Waals surface area contributed by atoms with Gasteiger partial charge in [0, 0.05) is 18.7 Å². The molecule has 0 saturated carbocycles. The van der Waals surface area contributed by atoms with Gasteiger partial charge in [0.25, 0.3) is 0 Å². The molecule has 1 saturated heterocycles. The molecule has 1 aromatic heterocycles. The molecule has 0 spiro atoms. The van der Waals surface area contributed by atoms with E-state index in [0.29, 0.717) is 4.60 Å². The van der Waals surface area contributed by atoms with Gasteiger partial charge < -0.3 is 4.74 Å². The minimum absolute atomic E-state index is 0.321. The number of aromatic nitrogens is 3. The summed E-state index contributed by atoms with van der Waals surface area (Å²) in [5, 5.41) is 7.20. The number of halogens is 1. The molecule has 0 aliphatic carbocycles. The van der Waals surface area contributed by atoms with Crippen LogP contribution in [0.2, 0.25) is 0 Å². The van der Waals surface area contributed by atoms with Crippen LogP contribution in [0.5, 0.6) is 0 Å². The van der Waals surface area contributed by atoms with Gasteiger partial charge in [0.2, 0.25) is 0 Å². The molecule has 0 amide bonds. The largest absolute Gasteiger partial charge is 0.381 e. The van der Waals surface area contributed by atoms with E-state index in [2.05, 4.69) is 26.2 Å². The molecule has 1 fully saturated rings. The molecule has 2 rings (SSSR count). The molecule has 5 heteroatoms. The van der Waals surface area contributed by atoms with E-state index in [-0.39, 0.29) is 13.2 Å². The Hall–Kier alpha value is -0.420. The number of rotatable bonds is 1. The van der Waals surface area contributed by atoms with Crippen molar-refractivity contribution in [1.82, 2.24) is 15.0 Å². The summed E-state index contributed by atoms with van der Waals surface area (Å²) in [5.41, 5.74) is 0. The minimum atomic E-state index is -2.21. The summed E-state index contributed by atoms with van der Waals surface area (Å²) in [7, 11) is 0. The van der Waals surface area contributed by atoms with Gasteiger partial charge in [-0.15, -0.1) is 5.10 Å². The fourth-order valence-electron chi connectivity index (χ4n) is 0.867.